The van der Waals surface area contributed by atoms with Crippen molar-refractivity contribution in [2.75, 3.05) is 0 Å². The first-order valence-corrected chi connectivity index (χ1v) is 6.86. The van der Waals surface area contributed by atoms with Crippen LogP contribution < -0.4 is 0 Å². The number of benzene rings is 1. The van der Waals surface area contributed by atoms with E-state index in [0.717, 1.165) is 6.42 Å². The molecule has 17 heavy (non-hydrogen) atoms. The molecule has 0 bridgehead atoms. The molecule has 0 spiro atoms. The average Bonchev–Trinajstić information content (AvgIpc) is 2.27. The van der Waals surface area contributed by atoms with Crippen LogP contribution in [0.25, 0.3) is 0 Å². The molecule has 0 saturated heterocycles. The number of alkyl halides is 1. The predicted molar refractivity (Wildman–Crippen MR) is 77.8 cm³/mol. The van der Waals surface area contributed by atoms with Crippen LogP contribution in [0.1, 0.15) is 64.5 Å². The van der Waals surface area contributed by atoms with Crippen molar-refractivity contribution in [3.05, 3.63) is 35.4 Å². The van der Waals surface area contributed by atoms with Crippen molar-refractivity contribution in [2.45, 2.75) is 58.8 Å². The molecule has 0 aliphatic heterocycles. The van der Waals surface area contributed by atoms with Crippen molar-refractivity contribution < 1.29 is 0 Å². The van der Waals surface area contributed by atoms with E-state index in [1.807, 2.05) is 0 Å². The summed E-state index contributed by atoms with van der Waals surface area (Å²) in [6.45, 7) is 13.3. The Kier molecular flexibility index (Phi) is 4.30. The molecule has 0 fully saturated rings. The Morgan fingerprint density at radius 3 is 1.82 bits per heavy atom. The Hall–Kier alpha value is -0.490. The highest BCUT2D eigenvalue weighted by Crippen LogP contribution is 2.39. The molecule has 1 rings (SSSR count). The standard InChI is InChI=1S/C16H25Cl/c1-7-16(5,6)13-10-8-12(9-11-13)14(17)15(2,3)4/h8-11,14H,7H2,1-6H3. The first-order chi connectivity index (χ1) is 7.68. The Labute approximate surface area is 111 Å². The van der Waals surface area contributed by atoms with E-state index in [-0.39, 0.29) is 16.2 Å². The highest BCUT2D eigenvalue weighted by molar-refractivity contribution is 6.21. The minimum absolute atomic E-state index is 0.0706. The summed E-state index contributed by atoms with van der Waals surface area (Å²) in [5, 5.41) is 0.0706. The van der Waals surface area contributed by atoms with Gasteiger partial charge in [0.1, 0.15) is 0 Å². The van der Waals surface area contributed by atoms with Crippen LogP contribution in [0.2, 0.25) is 0 Å². The lowest BCUT2D eigenvalue weighted by molar-refractivity contribution is 0.395. The number of hydrogen-bond acceptors (Lipinski definition) is 0. The molecule has 1 unspecified atom stereocenters. The first kappa shape index (κ1) is 14.6. The predicted octanol–water partition coefficient (Wildman–Crippen LogP) is 5.70. The van der Waals surface area contributed by atoms with Crippen LogP contribution in [0.4, 0.5) is 0 Å². The second kappa shape index (κ2) is 5.02. The third kappa shape index (κ3) is 3.48. The quantitative estimate of drug-likeness (QED) is 0.606. The van der Waals surface area contributed by atoms with Crippen LogP contribution in [0.3, 0.4) is 0 Å². The van der Waals surface area contributed by atoms with Crippen LogP contribution in [0.15, 0.2) is 24.3 Å². The molecule has 0 amide bonds. The highest BCUT2D eigenvalue weighted by Gasteiger charge is 2.24. The van der Waals surface area contributed by atoms with E-state index >= 15 is 0 Å². The van der Waals surface area contributed by atoms with E-state index in [2.05, 4.69) is 65.8 Å². The van der Waals surface area contributed by atoms with Gasteiger partial charge in [0.25, 0.3) is 0 Å². The average molecular weight is 253 g/mol. The zero-order chi connectivity index (χ0) is 13.3. The van der Waals surface area contributed by atoms with Gasteiger partial charge in [-0.1, -0.05) is 65.8 Å². The van der Waals surface area contributed by atoms with Crippen molar-refractivity contribution in [3.63, 3.8) is 0 Å². The van der Waals surface area contributed by atoms with Crippen LogP contribution in [0, 0.1) is 5.41 Å². The van der Waals surface area contributed by atoms with Crippen molar-refractivity contribution in [1.29, 1.82) is 0 Å². The maximum atomic E-state index is 6.48. The van der Waals surface area contributed by atoms with Crippen LogP contribution in [0.5, 0.6) is 0 Å². The minimum Gasteiger partial charge on any atom is -0.117 e. The van der Waals surface area contributed by atoms with E-state index in [1.54, 1.807) is 0 Å². The van der Waals surface area contributed by atoms with Gasteiger partial charge < -0.3 is 0 Å². The first-order valence-electron chi connectivity index (χ1n) is 6.43. The topological polar surface area (TPSA) is 0 Å². The molecule has 0 N–H and O–H groups in total. The summed E-state index contributed by atoms with van der Waals surface area (Å²) in [7, 11) is 0. The summed E-state index contributed by atoms with van der Waals surface area (Å²) in [6.07, 6.45) is 1.15. The van der Waals surface area contributed by atoms with Gasteiger partial charge in [0.15, 0.2) is 0 Å². The fraction of sp³-hybridized carbons (Fsp3) is 0.625. The number of halogens is 1. The van der Waals surface area contributed by atoms with Gasteiger partial charge in [0, 0.05) is 0 Å². The molecule has 1 aromatic rings. The molecule has 0 nitrogen and oxygen atoms in total. The van der Waals surface area contributed by atoms with E-state index in [0.29, 0.717) is 0 Å². The van der Waals surface area contributed by atoms with Crippen molar-refractivity contribution >= 4 is 11.6 Å². The van der Waals surface area contributed by atoms with Crippen LogP contribution in [-0.2, 0) is 5.41 Å². The Morgan fingerprint density at radius 2 is 1.47 bits per heavy atom. The van der Waals surface area contributed by atoms with Gasteiger partial charge in [-0.05, 0) is 28.4 Å². The summed E-state index contributed by atoms with van der Waals surface area (Å²) < 4.78 is 0. The second-order valence-electron chi connectivity index (χ2n) is 6.59. The molecular weight excluding hydrogens is 228 g/mol. The fourth-order valence-corrected chi connectivity index (χ4v) is 1.95. The third-order valence-corrected chi connectivity index (χ3v) is 4.54. The largest absolute Gasteiger partial charge is 0.117 e. The smallest absolute Gasteiger partial charge is 0.0633 e. The molecule has 0 aliphatic carbocycles. The Morgan fingerprint density at radius 1 is 1.00 bits per heavy atom. The van der Waals surface area contributed by atoms with E-state index in [4.69, 9.17) is 11.6 Å². The van der Waals surface area contributed by atoms with Crippen LogP contribution >= 0.6 is 11.6 Å². The summed E-state index contributed by atoms with van der Waals surface area (Å²) in [4.78, 5) is 0. The molecule has 96 valence electrons. The molecule has 1 aromatic carbocycles. The summed E-state index contributed by atoms with van der Waals surface area (Å²) >= 11 is 6.48. The maximum Gasteiger partial charge on any atom is 0.0633 e. The lowest BCUT2D eigenvalue weighted by Gasteiger charge is -2.27. The zero-order valence-corrected chi connectivity index (χ0v) is 12.7. The van der Waals surface area contributed by atoms with E-state index in [9.17, 15) is 0 Å². The third-order valence-electron chi connectivity index (χ3n) is 3.63. The van der Waals surface area contributed by atoms with Gasteiger partial charge in [-0.2, -0.15) is 0 Å². The second-order valence-corrected chi connectivity index (χ2v) is 7.02. The Balaban J connectivity index is 2.97. The summed E-state index contributed by atoms with van der Waals surface area (Å²) in [5.41, 5.74) is 2.96. The lowest BCUT2D eigenvalue weighted by Crippen LogP contribution is -2.16. The van der Waals surface area contributed by atoms with Gasteiger partial charge in [-0.15, -0.1) is 11.6 Å². The lowest BCUT2D eigenvalue weighted by atomic mass is 9.81. The summed E-state index contributed by atoms with van der Waals surface area (Å²) in [6, 6.07) is 8.80. The Bertz CT molecular complexity index is 354. The fourth-order valence-electron chi connectivity index (χ4n) is 1.81. The monoisotopic (exact) mass is 252 g/mol. The minimum atomic E-state index is 0.0706. The van der Waals surface area contributed by atoms with Crippen molar-refractivity contribution in [3.8, 4) is 0 Å². The van der Waals surface area contributed by atoms with Crippen LogP contribution in [-0.4, -0.2) is 0 Å². The van der Waals surface area contributed by atoms with Gasteiger partial charge in [0.2, 0.25) is 0 Å². The molecule has 0 aromatic heterocycles. The highest BCUT2D eigenvalue weighted by atomic mass is 35.5. The van der Waals surface area contributed by atoms with Crippen molar-refractivity contribution in [1.82, 2.24) is 0 Å². The SMILES string of the molecule is CCC(C)(C)c1ccc(C(Cl)C(C)(C)C)cc1. The maximum absolute atomic E-state index is 6.48. The molecule has 0 heterocycles. The van der Waals surface area contributed by atoms with Gasteiger partial charge in [-0.3, -0.25) is 0 Å². The van der Waals surface area contributed by atoms with E-state index < -0.39 is 0 Å². The molecule has 1 atom stereocenters. The van der Waals surface area contributed by atoms with Crippen molar-refractivity contribution in [2.24, 2.45) is 5.41 Å². The molecule has 0 aliphatic rings. The van der Waals surface area contributed by atoms with Gasteiger partial charge in [-0.25, -0.2) is 0 Å². The zero-order valence-electron chi connectivity index (χ0n) is 12.0. The normalized spacial score (nSPS) is 14.8. The molecule has 0 radical (unpaired) electrons. The van der Waals surface area contributed by atoms with Gasteiger partial charge in [0.05, 0.1) is 5.38 Å². The number of rotatable bonds is 3. The van der Waals surface area contributed by atoms with E-state index in [1.165, 1.54) is 11.1 Å². The molecular formula is C16H25Cl. The number of hydrogen-bond donors (Lipinski definition) is 0. The van der Waals surface area contributed by atoms with Gasteiger partial charge >= 0.3 is 0 Å². The molecule has 0 saturated carbocycles. The summed E-state index contributed by atoms with van der Waals surface area (Å²) in [5.74, 6) is 0. The molecule has 1 heteroatoms.